The van der Waals surface area contributed by atoms with Crippen molar-refractivity contribution in [2.24, 2.45) is 0 Å². The minimum atomic E-state index is -0.101. The van der Waals surface area contributed by atoms with Crippen molar-refractivity contribution in [1.82, 2.24) is 10.6 Å². The number of aryl methyl sites for hydroxylation is 1. The third kappa shape index (κ3) is 3.45. The number of anilines is 1. The number of nitrogens with zero attached hydrogens (tertiary/aromatic N) is 1. The van der Waals surface area contributed by atoms with Gasteiger partial charge in [-0.15, -0.1) is 0 Å². The number of hydrogen-bond donors (Lipinski definition) is 2. The minimum absolute atomic E-state index is 0.0534. The van der Waals surface area contributed by atoms with Gasteiger partial charge in [0.15, 0.2) is 0 Å². The van der Waals surface area contributed by atoms with Crippen molar-refractivity contribution < 1.29 is 9.59 Å². The second-order valence-corrected chi connectivity index (χ2v) is 6.60. The van der Waals surface area contributed by atoms with E-state index in [0.29, 0.717) is 18.7 Å². The number of benzene rings is 1. The molecule has 1 heterocycles. The van der Waals surface area contributed by atoms with E-state index in [4.69, 9.17) is 0 Å². The van der Waals surface area contributed by atoms with Crippen LogP contribution in [0.25, 0.3) is 0 Å². The fraction of sp³-hybridized carbons (Fsp3) is 0.474. The van der Waals surface area contributed by atoms with Crippen molar-refractivity contribution in [3.05, 3.63) is 41.0 Å². The van der Waals surface area contributed by atoms with Crippen molar-refractivity contribution in [2.45, 2.75) is 45.6 Å². The fourth-order valence-corrected chi connectivity index (χ4v) is 3.37. The lowest BCUT2D eigenvalue weighted by Crippen LogP contribution is -2.34. The van der Waals surface area contributed by atoms with Gasteiger partial charge in [-0.05, 0) is 57.2 Å². The van der Waals surface area contributed by atoms with Crippen LogP contribution in [-0.2, 0) is 0 Å². The van der Waals surface area contributed by atoms with E-state index in [1.807, 2.05) is 32.0 Å². The van der Waals surface area contributed by atoms with Gasteiger partial charge in [0, 0.05) is 30.4 Å². The predicted octanol–water partition coefficient (Wildman–Crippen LogP) is 3.14. The third-order valence-corrected chi connectivity index (χ3v) is 4.85. The summed E-state index contributed by atoms with van der Waals surface area (Å²) >= 11 is 0. The standard InChI is InChI=1S/C19H25N3O2/c1-13-8-9-16(12-17(13)22-11-10-20-19(22)24)18(23)21-14(2)15-6-4-3-5-7-15/h6,8-9,12,14H,3-5,7,10-11H2,1-2H3,(H,20,24)(H,21,23)/t14-/m1/s1. The Hall–Kier alpha value is -2.30. The Balaban J connectivity index is 1.75. The van der Waals surface area contributed by atoms with Crippen molar-refractivity contribution in [2.75, 3.05) is 18.0 Å². The third-order valence-electron chi connectivity index (χ3n) is 4.85. The van der Waals surface area contributed by atoms with E-state index in [2.05, 4.69) is 16.7 Å². The molecule has 3 amide bonds. The molecule has 1 aliphatic heterocycles. The van der Waals surface area contributed by atoms with E-state index in [1.54, 1.807) is 4.90 Å². The molecule has 0 saturated carbocycles. The van der Waals surface area contributed by atoms with Gasteiger partial charge in [-0.1, -0.05) is 17.7 Å². The number of allylic oxidation sites excluding steroid dienone is 1. The summed E-state index contributed by atoms with van der Waals surface area (Å²) in [6.07, 6.45) is 6.86. The van der Waals surface area contributed by atoms with Crippen LogP contribution in [0.15, 0.2) is 29.8 Å². The molecule has 0 spiro atoms. The summed E-state index contributed by atoms with van der Waals surface area (Å²) in [5.41, 5.74) is 3.72. The Morgan fingerprint density at radius 2 is 2.17 bits per heavy atom. The quantitative estimate of drug-likeness (QED) is 0.835. The first-order valence-electron chi connectivity index (χ1n) is 8.72. The molecule has 1 aromatic carbocycles. The second kappa shape index (κ2) is 7.07. The summed E-state index contributed by atoms with van der Waals surface area (Å²) < 4.78 is 0. The molecule has 1 aliphatic carbocycles. The minimum Gasteiger partial charge on any atom is -0.346 e. The summed E-state index contributed by atoms with van der Waals surface area (Å²) in [5.74, 6) is -0.0881. The Morgan fingerprint density at radius 3 is 2.83 bits per heavy atom. The number of amides is 3. The Labute approximate surface area is 143 Å². The van der Waals surface area contributed by atoms with E-state index in [-0.39, 0.29) is 18.0 Å². The van der Waals surface area contributed by atoms with E-state index >= 15 is 0 Å². The molecule has 3 rings (SSSR count). The summed E-state index contributed by atoms with van der Waals surface area (Å²) in [7, 11) is 0. The van der Waals surface area contributed by atoms with Crippen LogP contribution in [0.4, 0.5) is 10.5 Å². The molecular weight excluding hydrogens is 302 g/mol. The van der Waals surface area contributed by atoms with Gasteiger partial charge >= 0.3 is 6.03 Å². The first-order chi connectivity index (χ1) is 11.6. The highest BCUT2D eigenvalue weighted by Gasteiger charge is 2.24. The maximum Gasteiger partial charge on any atom is 0.322 e. The topological polar surface area (TPSA) is 61.4 Å². The molecule has 0 aromatic heterocycles. The number of urea groups is 1. The largest absolute Gasteiger partial charge is 0.346 e. The van der Waals surface area contributed by atoms with Crippen LogP contribution in [0.1, 0.15) is 48.5 Å². The number of nitrogens with one attached hydrogen (secondary N) is 2. The smallest absolute Gasteiger partial charge is 0.322 e. The molecular formula is C19H25N3O2. The summed E-state index contributed by atoms with van der Waals surface area (Å²) in [5, 5.41) is 5.89. The molecule has 1 fully saturated rings. The second-order valence-electron chi connectivity index (χ2n) is 6.60. The Bertz CT molecular complexity index is 681. The van der Waals surface area contributed by atoms with Gasteiger partial charge in [0.25, 0.3) is 5.91 Å². The van der Waals surface area contributed by atoms with Gasteiger partial charge in [0.2, 0.25) is 0 Å². The molecule has 5 nitrogen and oxygen atoms in total. The van der Waals surface area contributed by atoms with Gasteiger partial charge in [0.05, 0.1) is 0 Å². The average molecular weight is 327 g/mol. The number of rotatable bonds is 4. The Morgan fingerprint density at radius 1 is 1.33 bits per heavy atom. The van der Waals surface area contributed by atoms with Gasteiger partial charge in [-0.2, -0.15) is 0 Å². The number of carbonyl (C=O) groups excluding carboxylic acids is 2. The van der Waals surface area contributed by atoms with Crippen LogP contribution < -0.4 is 15.5 Å². The fourth-order valence-electron chi connectivity index (χ4n) is 3.37. The molecule has 5 heteroatoms. The van der Waals surface area contributed by atoms with Crippen LogP contribution in [-0.4, -0.2) is 31.1 Å². The van der Waals surface area contributed by atoms with E-state index in [9.17, 15) is 9.59 Å². The van der Waals surface area contributed by atoms with Crippen molar-refractivity contribution in [3.8, 4) is 0 Å². The normalized spacial score (nSPS) is 18.8. The number of hydrogen-bond acceptors (Lipinski definition) is 2. The number of carbonyl (C=O) groups is 2. The van der Waals surface area contributed by atoms with E-state index in [1.165, 1.54) is 18.4 Å². The van der Waals surface area contributed by atoms with E-state index < -0.39 is 0 Å². The van der Waals surface area contributed by atoms with Crippen LogP contribution in [0.3, 0.4) is 0 Å². The SMILES string of the molecule is Cc1ccc(C(=O)N[C@H](C)C2=CCCCC2)cc1N1CCNC1=O. The summed E-state index contributed by atoms with van der Waals surface area (Å²) in [6, 6.07) is 5.50. The van der Waals surface area contributed by atoms with Crippen LogP contribution in [0.2, 0.25) is 0 Å². The molecule has 0 bridgehead atoms. The van der Waals surface area contributed by atoms with Crippen molar-refractivity contribution in [3.63, 3.8) is 0 Å². The Kier molecular flexibility index (Phi) is 4.88. The van der Waals surface area contributed by atoms with Gasteiger partial charge in [-0.25, -0.2) is 4.79 Å². The van der Waals surface area contributed by atoms with Crippen LogP contribution in [0, 0.1) is 6.92 Å². The zero-order valence-corrected chi connectivity index (χ0v) is 14.4. The highest BCUT2D eigenvalue weighted by molar-refractivity contribution is 5.99. The molecule has 2 N–H and O–H groups in total. The zero-order chi connectivity index (χ0) is 17.1. The van der Waals surface area contributed by atoms with Crippen molar-refractivity contribution in [1.29, 1.82) is 0 Å². The molecule has 128 valence electrons. The van der Waals surface area contributed by atoms with Gasteiger partial charge < -0.3 is 10.6 Å². The maximum atomic E-state index is 12.6. The van der Waals surface area contributed by atoms with Crippen LogP contribution in [0.5, 0.6) is 0 Å². The molecule has 0 unspecified atom stereocenters. The lowest BCUT2D eigenvalue weighted by molar-refractivity contribution is 0.0944. The highest BCUT2D eigenvalue weighted by Crippen LogP contribution is 2.24. The van der Waals surface area contributed by atoms with Gasteiger partial charge in [-0.3, -0.25) is 9.69 Å². The molecule has 1 aromatic rings. The summed E-state index contributed by atoms with van der Waals surface area (Å²) in [4.78, 5) is 26.2. The predicted molar refractivity (Wildman–Crippen MR) is 95.4 cm³/mol. The lowest BCUT2D eigenvalue weighted by atomic mass is 9.94. The molecule has 2 aliphatic rings. The molecule has 1 saturated heterocycles. The summed E-state index contributed by atoms with van der Waals surface area (Å²) in [6.45, 7) is 5.27. The highest BCUT2D eigenvalue weighted by atomic mass is 16.2. The van der Waals surface area contributed by atoms with E-state index in [0.717, 1.165) is 24.1 Å². The van der Waals surface area contributed by atoms with Crippen molar-refractivity contribution >= 4 is 17.6 Å². The average Bonchev–Trinajstić information content (AvgIpc) is 3.02. The molecule has 1 atom stereocenters. The maximum absolute atomic E-state index is 12.6. The van der Waals surface area contributed by atoms with Gasteiger partial charge in [0.1, 0.15) is 0 Å². The lowest BCUT2D eigenvalue weighted by Gasteiger charge is -2.22. The zero-order valence-electron chi connectivity index (χ0n) is 14.4. The first kappa shape index (κ1) is 16.6. The first-order valence-corrected chi connectivity index (χ1v) is 8.72. The molecule has 24 heavy (non-hydrogen) atoms. The molecule has 0 radical (unpaired) electrons. The monoisotopic (exact) mass is 327 g/mol. The van der Waals surface area contributed by atoms with Crippen LogP contribution >= 0.6 is 0 Å².